The third-order valence-electron chi connectivity index (χ3n) is 3.06. The molecule has 0 spiro atoms. The van der Waals surface area contributed by atoms with Crippen molar-refractivity contribution in [1.29, 1.82) is 0 Å². The van der Waals surface area contributed by atoms with Crippen LogP contribution in [0.3, 0.4) is 0 Å². The molecule has 1 atom stereocenters. The Morgan fingerprint density at radius 2 is 1.90 bits per heavy atom. The first kappa shape index (κ1) is 17.6. The molecule has 0 saturated heterocycles. The van der Waals surface area contributed by atoms with Crippen molar-refractivity contribution in [3.63, 3.8) is 0 Å². The number of aromatic carboxylic acids is 1. The van der Waals surface area contributed by atoms with Crippen molar-refractivity contribution in [2.75, 3.05) is 13.2 Å². The Morgan fingerprint density at radius 3 is 2.43 bits per heavy atom. The number of aliphatic hydroxyl groups excluding tert-OH is 1. The monoisotopic (exact) mass is 315 g/mol. The Bertz CT molecular complexity index is 553. The van der Waals surface area contributed by atoms with Crippen LogP contribution in [0.2, 0.25) is 0 Å². The first-order valence-electron chi connectivity index (χ1n) is 6.74. The summed E-state index contributed by atoms with van der Waals surface area (Å²) < 4.78 is 26.2. The second-order valence-corrected chi connectivity index (χ2v) is 6.89. The zero-order valence-corrected chi connectivity index (χ0v) is 12.8. The van der Waals surface area contributed by atoms with Gasteiger partial charge in [-0.05, 0) is 36.5 Å². The van der Waals surface area contributed by atoms with Gasteiger partial charge in [0, 0.05) is 13.2 Å². The molecule has 0 aliphatic carbocycles. The van der Waals surface area contributed by atoms with Gasteiger partial charge in [0.15, 0.2) is 0 Å². The smallest absolute Gasteiger partial charge is 0.335 e. The van der Waals surface area contributed by atoms with Gasteiger partial charge in [-0.25, -0.2) is 17.9 Å². The summed E-state index contributed by atoms with van der Waals surface area (Å²) in [4.78, 5) is 10.7. The zero-order chi connectivity index (χ0) is 15.9. The van der Waals surface area contributed by atoms with Crippen LogP contribution in [-0.2, 0) is 15.8 Å². The van der Waals surface area contributed by atoms with E-state index in [1.54, 1.807) is 0 Å². The molecule has 3 N–H and O–H groups in total. The Morgan fingerprint density at radius 1 is 1.29 bits per heavy atom. The maximum atomic E-state index is 11.9. The summed E-state index contributed by atoms with van der Waals surface area (Å²) in [5.74, 6) is -1.05. The number of rotatable bonds is 9. The molecule has 0 bridgehead atoms. The molecule has 1 aromatic carbocycles. The summed E-state index contributed by atoms with van der Waals surface area (Å²) in [6, 6.07) is 5.76. The third kappa shape index (κ3) is 6.70. The van der Waals surface area contributed by atoms with Gasteiger partial charge in [-0.2, -0.15) is 0 Å². The average Bonchev–Trinajstić information content (AvgIpc) is 2.43. The molecule has 21 heavy (non-hydrogen) atoms. The van der Waals surface area contributed by atoms with Crippen LogP contribution in [-0.4, -0.2) is 37.8 Å². The van der Waals surface area contributed by atoms with Gasteiger partial charge >= 0.3 is 5.97 Å². The molecule has 0 aliphatic heterocycles. The minimum Gasteiger partial charge on any atom is -0.478 e. The van der Waals surface area contributed by atoms with E-state index in [9.17, 15) is 13.2 Å². The maximum absolute atomic E-state index is 11.9. The van der Waals surface area contributed by atoms with Crippen LogP contribution in [0.4, 0.5) is 0 Å². The molecule has 7 heteroatoms. The number of carboxylic acid groups (broad SMARTS) is 1. The lowest BCUT2D eigenvalue weighted by molar-refractivity contribution is 0.0697. The predicted molar refractivity (Wildman–Crippen MR) is 79.5 cm³/mol. The van der Waals surface area contributed by atoms with Gasteiger partial charge in [-0.15, -0.1) is 0 Å². The standard InChI is InChI=1S/C14H21NO5S/c1-11(9-16)3-2-8-15-21(19,20)10-12-4-6-13(7-5-12)14(17)18/h4-7,11,15-16H,2-3,8-10H2,1H3,(H,17,18). The number of hydrogen-bond acceptors (Lipinski definition) is 4. The first-order valence-corrected chi connectivity index (χ1v) is 8.39. The number of carboxylic acids is 1. The van der Waals surface area contributed by atoms with Gasteiger partial charge in [-0.3, -0.25) is 0 Å². The van der Waals surface area contributed by atoms with Crippen LogP contribution >= 0.6 is 0 Å². The highest BCUT2D eigenvalue weighted by molar-refractivity contribution is 7.88. The van der Waals surface area contributed by atoms with Gasteiger partial charge in [-0.1, -0.05) is 19.1 Å². The van der Waals surface area contributed by atoms with Crippen molar-refractivity contribution < 1.29 is 23.4 Å². The number of nitrogens with one attached hydrogen (secondary N) is 1. The lowest BCUT2D eigenvalue weighted by Gasteiger charge is -2.09. The molecule has 1 rings (SSSR count). The van der Waals surface area contributed by atoms with E-state index in [1.807, 2.05) is 6.92 Å². The number of benzene rings is 1. The van der Waals surface area contributed by atoms with Crippen LogP contribution in [0.5, 0.6) is 0 Å². The number of carbonyl (C=O) groups is 1. The molecule has 0 fully saturated rings. The third-order valence-corrected chi connectivity index (χ3v) is 4.42. The number of hydrogen-bond donors (Lipinski definition) is 3. The van der Waals surface area contributed by atoms with Crippen LogP contribution < -0.4 is 4.72 Å². The SMILES string of the molecule is CC(CO)CCCNS(=O)(=O)Cc1ccc(C(=O)O)cc1. The molecule has 0 amide bonds. The quantitative estimate of drug-likeness (QED) is 0.594. The van der Waals surface area contributed by atoms with E-state index >= 15 is 0 Å². The van der Waals surface area contributed by atoms with Crippen molar-refractivity contribution in [2.24, 2.45) is 5.92 Å². The van der Waals surface area contributed by atoms with E-state index in [1.165, 1.54) is 24.3 Å². The van der Waals surface area contributed by atoms with Crippen LogP contribution in [0.15, 0.2) is 24.3 Å². The minimum atomic E-state index is -3.43. The van der Waals surface area contributed by atoms with E-state index in [4.69, 9.17) is 10.2 Å². The lowest BCUT2D eigenvalue weighted by atomic mass is 10.1. The molecule has 1 aromatic rings. The van der Waals surface area contributed by atoms with E-state index in [0.717, 1.165) is 6.42 Å². The van der Waals surface area contributed by atoms with Crippen molar-refractivity contribution in [2.45, 2.75) is 25.5 Å². The largest absolute Gasteiger partial charge is 0.478 e. The van der Waals surface area contributed by atoms with Crippen LogP contribution in [0.25, 0.3) is 0 Å². The second kappa shape index (κ2) is 8.11. The summed E-state index contributed by atoms with van der Waals surface area (Å²) in [6.45, 7) is 2.33. The molecule has 0 radical (unpaired) electrons. The van der Waals surface area contributed by atoms with Crippen molar-refractivity contribution >= 4 is 16.0 Å². The molecule has 0 saturated carbocycles. The van der Waals surface area contributed by atoms with Gasteiger partial charge in [0.25, 0.3) is 0 Å². The second-order valence-electron chi connectivity index (χ2n) is 5.09. The number of aliphatic hydroxyl groups is 1. The molecule has 0 aliphatic rings. The Hall–Kier alpha value is -1.44. The first-order chi connectivity index (χ1) is 9.84. The Kier molecular flexibility index (Phi) is 6.80. The summed E-state index contributed by atoms with van der Waals surface area (Å²) in [7, 11) is -3.43. The molecule has 118 valence electrons. The minimum absolute atomic E-state index is 0.0999. The molecular weight excluding hydrogens is 294 g/mol. The zero-order valence-electron chi connectivity index (χ0n) is 11.9. The van der Waals surface area contributed by atoms with Crippen molar-refractivity contribution in [3.05, 3.63) is 35.4 Å². The highest BCUT2D eigenvalue weighted by Crippen LogP contribution is 2.08. The highest BCUT2D eigenvalue weighted by atomic mass is 32.2. The van der Waals surface area contributed by atoms with E-state index in [0.29, 0.717) is 18.5 Å². The summed E-state index contributed by atoms with van der Waals surface area (Å²) in [5, 5.41) is 17.6. The fraction of sp³-hybridized carbons (Fsp3) is 0.500. The Labute approximate surface area is 124 Å². The highest BCUT2D eigenvalue weighted by Gasteiger charge is 2.12. The van der Waals surface area contributed by atoms with Gasteiger partial charge in [0.2, 0.25) is 10.0 Å². The van der Waals surface area contributed by atoms with E-state index in [2.05, 4.69) is 4.72 Å². The van der Waals surface area contributed by atoms with Gasteiger partial charge in [0.05, 0.1) is 11.3 Å². The normalized spacial score (nSPS) is 13.0. The predicted octanol–water partition coefficient (Wildman–Crippen LogP) is 1.21. The summed E-state index contributed by atoms with van der Waals surface area (Å²) in [5.41, 5.74) is 0.665. The van der Waals surface area contributed by atoms with Gasteiger partial charge < -0.3 is 10.2 Å². The van der Waals surface area contributed by atoms with Crippen molar-refractivity contribution in [3.8, 4) is 0 Å². The van der Waals surface area contributed by atoms with Crippen LogP contribution in [0, 0.1) is 5.92 Å². The Balaban J connectivity index is 2.46. The lowest BCUT2D eigenvalue weighted by Crippen LogP contribution is -2.26. The molecule has 1 unspecified atom stereocenters. The topological polar surface area (TPSA) is 104 Å². The van der Waals surface area contributed by atoms with Gasteiger partial charge in [0.1, 0.15) is 0 Å². The maximum Gasteiger partial charge on any atom is 0.335 e. The molecule has 0 aromatic heterocycles. The van der Waals surface area contributed by atoms with E-state index < -0.39 is 16.0 Å². The van der Waals surface area contributed by atoms with E-state index in [-0.39, 0.29) is 23.8 Å². The van der Waals surface area contributed by atoms with Crippen molar-refractivity contribution in [1.82, 2.24) is 4.72 Å². The molecular formula is C14H21NO5S. The fourth-order valence-corrected chi connectivity index (χ4v) is 2.97. The summed E-state index contributed by atoms with van der Waals surface area (Å²) >= 11 is 0. The number of sulfonamides is 1. The van der Waals surface area contributed by atoms with Crippen LogP contribution in [0.1, 0.15) is 35.7 Å². The molecule has 0 heterocycles. The molecule has 6 nitrogen and oxygen atoms in total. The average molecular weight is 315 g/mol. The summed E-state index contributed by atoms with van der Waals surface area (Å²) in [6.07, 6.45) is 1.42. The fourth-order valence-electron chi connectivity index (χ4n) is 1.78.